The Bertz CT molecular complexity index is 377. The fourth-order valence-corrected chi connectivity index (χ4v) is 1.56. The molecule has 0 nitrogen and oxygen atoms in total. The number of hydrogen-bond acceptors (Lipinski definition) is 0. The standard InChI is InChI=1S/C15H21F/c1-10(2)12(5)8-14-7-6-13(11(3)4)9-15(14)16/h6-7,9-10,12H,3,8H2,1-2,4-5H3. The van der Waals surface area contributed by atoms with E-state index in [1.807, 2.05) is 19.1 Å². The third-order valence-corrected chi connectivity index (χ3v) is 3.23. The molecule has 0 bridgehead atoms. The van der Waals surface area contributed by atoms with Crippen LogP contribution in [0.25, 0.3) is 5.57 Å². The fraction of sp³-hybridized carbons (Fsp3) is 0.467. The Hall–Kier alpha value is -1.11. The Morgan fingerprint density at radius 1 is 1.31 bits per heavy atom. The normalized spacial score (nSPS) is 12.9. The number of benzene rings is 1. The Morgan fingerprint density at radius 3 is 2.38 bits per heavy atom. The van der Waals surface area contributed by atoms with Crippen molar-refractivity contribution >= 4 is 5.57 Å². The molecule has 0 aliphatic carbocycles. The number of allylic oxidation sites excluding steroid dienone is 1. The summed E-state index contributed by atoms with van der Waals surface area (Å²) in [4.78, 5) is 0. The smallest absolute Gasteiger partial charge is 0.127 e. The molecule has 0 aliphatic heterocycles. The summed E-state index contributed by atoms with van der Waals surface area (Å²) in [5.41, 5.74) is 2.60. The van der Waals surface area contributed by atoms with Gasteiger partial charge in [0, 0.05) is 0 Å². The van der Waals surface area contributed by atoms with E-state index in [1.165, 1.54) is 0 Å². The summed E-state index contributed by atoms with van der Waals surface area (Å²) in [5, 5.41) is 0. The van der Waals surface area contributed by atoms with Crippen molar-refractivity contribution in [1.29, 1.82) is 0 Å². The largest absolute Gasteiger partial charge is 0.207 e. The minimum absolute atomic E-state index is 0.104. The molecule has 0 heterocycles. The molecule has 0 aliphatic rings. The molecule has 0 saturated carbocycles. The SMILES string of the molecule is C=C(C)c1ccc(CC(C)C(C)C)c(F)c1. The molecule has 0 spiro atoms. The van der Waals surface area contributed by atoms with Gasteiger partial charge >= 0.3 is 0 Å². The first-order valence-corrected chi connectivity index (χ1v) is 5.86. The van der Waals surface area contributed by atoms with Crippen molar-refractivity contribution in [2.45, 2.75) is 34.1 Å². The van der Waals surface area contributed by atoms with Crippen LogP contribution >= 0.6 is 0 Å². The Labute approximate surface area is 98.2 Å². The van der Waals surface area contributed by atoms with Crippen molar-refractivity contribution in [2.75, 3.05) is 0 Å². The molecule has 0 saturated heterocycles. The van der Waals surface area contributed by atoms with Gasteiger partial charge in [0.1, 0.15) is 5.82 Å². The van der Waals surface area contributed by atoms with Crippen LogP contribution in [0, 0.1) is 17.7 Å². The molecule has 88 valence electrons. The molecule has 16 heavy (non-hydrogen) atoms. The molecule has 0 N–H and O–H groups in total. The Morgan fingerprint density at radius 2 is 1.94 bits per heavy atom. The zero-order valence-corrected chi connectivity index (χ0v) is 10.7. The lowest BCUT2D eigenvalue weighted by molar-refractivity contribution is 0.410. The zero-order valence-electron chi connectivity index (χ0n) is 10.7. The Kier molecular flexibility index (Phi) is 4.28. The van der Waals surface area contributed by atoms with Gasteiger partial charge < -0.3 is 0 Å². The predicted octanol–water partition coefficient (Wildman–Crippen LogP) is 4.69. The second-order valence-corrected chi connectivity index (χ2v) is 5.01. The summed E-state index contributed by atoms with van der Waals surface area (Å²) in [6, 6.07) is 5.43. The summed E-state index contributed by atoms with van der Waals surface area (Å²) in [7, 11) is 0. The third-order valence-electron chi connectivity index (χ3n) is 3.23. The highest BCUT2D eigenvalue weighted by Gasteiger charge is 2.11. The number of rotatable bonds is 4. The van der Waals surface area contributed by atoms with Crippen LogP contribution in [-0.4, -0.2) is 0 Å². The summed E-state index contributed by atoms with van der Waals surface area (Å²) in [6.07, 6.45) is 0.806. The molecule has 1 aromatic rings. The van der Waals surface area contributed by atoms with E-state index >= 15 is 0 Å². The molecule has 1 unspecified atom stereocenters. The summed E-state index contributed by atoms with van der Waals surface area (Å²) >= 11 is 0. The minimum Gasteiger partial charge on any atom is -0.207 e. The highest BCUT2D eigenvalue weighted by Crippen LogP contribution is 2.21. The molecular weight excluding hydrogens is 199 g/mol. The van der Waals surface area contributed by atoms with Gasteiger partial charge in [0.15, 0.2) is 0 Å². The van der Waals surface area contributed by atoms with Crippen molar-refractivity contribution in [3.8, 4) is 0 Å². The summed E-state index contributed by atoms with van der Waals surface area (Å²) in [6.45, 7) is 12.2. The summed E-state index contributed by atoms with van der Waals surface area (Å²) < 4.78 is 13.8. The van der Waals surface area contributed by atoms with Gasteiger partial charge in [0.2, 0.25) is 0 Å². The van der Waals surface area contributed by atoms with Crippen molar-refractivity contribution in [3.63, 3.8) is 0 Å². The van der Waals surface area contributed by atoms with E-state index in [0.29, 0.717) is 11.8 Å². The molecule has 1 atom stereocenters. The van der Waals surface area contributed by atoms with Gasteiger partial charge in [-0.05, 0) is 42.4 Å². The lowest BCUT2D eigenvalue weighted by Gasteiger charge is -2.16. The molecule has 1 aromatic carbocycles. The van der Waals surface area contributed by atoms with Crippen LogP contribution < -0.4 is 0 Å². The van der Waals surface area contributed by atoms with E-state index in [-0.39, 0.29) is 5.82 Å². The van der Waals surface area contributed by atoms with Gasteiger partial charge in [-0.15, -0.1) is 0 Å². The van der Waals surface area contributed by atoms with Crippen LogP contribution in [0.5, 0.6) is 0 Å². The van der Waals surface area contributed by atoms with E-state index in [2.05, 4.69) is 27.4 Å². The van der Waals surface area contributed by atoms with E-state index in [1.54, 1.807) is 6.07 Å². The fourth-order valence-electron chi connectivity index (χ4n) is 1.56. The zero-order chi connectivity index (χ0) is 12.3. The third kappa shape index (κ3) is 3.19. The molecule has 0 fully saturated rings. The van der Waals surface area contributed by atoms with Gasteiger partial charge in [-0.1, -0.05) is 45.1 Å². The second kappa shape index (κ2) is 5.29. The van der Waals surface area contributed by atoms with E-state index < -0.39 is 0 Å². The average molecular weight is 220 g/mol. The van der Waals surface area contributed by atoms with Crippen LogP contribution in [-0.2, 0) is 6.42 Å². The first-order valence-electron chi connectivity index (χ1n) is 5.86. The quantitative estimate of drug-likeness (QED) is 0.690. The predicted molar refractivity (Wildman–Crippen MR) is 68.8 cm³/mol. The van der Waals surface area contributed by atoms with Crippen LogP contribution in [0.15, 0.2) is 24.8 Å². The van der Waals surface area contributed by atoms with Crippen LogP contribution in [0.4, 0.5) is 4.39 Å². The van der Waals surface area contributed by atoms with Crippen LogP contribution in [0.2, 0.25) is 0 Å². The van der Waals surface area contributed by atoms with Crippen molar-refractivity contribution in [2.24, 2.45) is 11.8 Å². The van der Waals surface area contributed by atoms with Crippen molar-refractivity contribution < 1.29 is 4.39 Å². The molecule has 1 rings (SSSR count). The molecule has 1 heteroatoms. The molecule has 0 radical (unpaired) electrons. The Balaban J connectivity index is 2.87. The lowest BCUT2D eigenvalue weighted by Crippen LogP contribution is -2.08. The number of hydrogen-bond donors (Lipinski definition) is 0. The molecular formula is C15H21F. The summed E-state index contributed by atoms with van der Waals surface area (Å²) in [5.74, 6) is 0.985. The van der Waals surface area contributed by atoms with Gasteiger partial charge in [0.25, 0.3) is 0 Å². The van der Waals surface area contributed by atoms with E-state index in [4.69, 9.17) is 0 Å². The van der Waals surface area contributed by atoms with Gasteiger partial charge in [-0.2, -0.15) is 0 Å². The van der Waals surface area contributed by atoms with Crippen LogP contribution in [0.1, 0.15) is 38.8 Å². The lowest BCUT2D eigenvalue weighted by atomic mass is 9.90. The monoisotopic (exact) mass is 220 g/mol. The topological polar surface area (TPSA) is 0 Å². The first kappa shape index (κ1) is 13.0. The maximum Gasteiger partial charge on any atom is 0.127 e. The van der Waals surface area contributed by atoms with Gasteiger partial charge in [0.05, 0.1) is 0 Å². The molecule has 0 aromatic heterocycles. The maximum absolute atomic E-state index is 13.8. The van der Waals surface area contributed by atoms with Crippen molar-refractivity contribution in [1.82, 2.24) is 0 Å². The first-order chi connectivity index (χ1) is 7.41. The van der Waals surface area contributed by atoms with Crippen LogP contribution in [0.3, 0.4) is 0 Å². The van der Waals surface area contributed by atoms with E-state index in [9.17, 15) is 4.39 Å². The minimum atomic E-state index is -0.104. The number of halogens is 1. The average Bonchev–Trinajstić information content (AvgIpc) is 2.20. The van der Waals surface area contributed by atoms with Gasteiger partial charge in [-0.25, -0.2) is 4.39 Å². The van der Waals surface area contributed by atoms with Crippen molar-refractivity contribution in [3.05, 3.63) is 41.7 Å². The highest BCUT2D eigenvalue weighted by molar-refractivity contribution is 5.61. The highest BCUT2D eigenvalue weighted by atomic mass is 19.1. The van der Waals surface area contributed by atoms with E-state index in [0.717, 1.165) is 23.1 Å². The molecule has 0 amide bonds. The maximum atomic E-state index is 13.8. The van der Waals surface area contributed by atoms with Gasteiger partial charge in [-0.3, -0.25) is 0 Å². The second-order valence-electron chi connectivity index (χ2n) is 5.01.